The third-order valence-electron chi connectivity index (χ3n) is 1.60. The minimum atomic E-state index is -1.18. The lowest BCUT2D eigenvalue weighted by atomic mass is 10.3. The van der Waals surface area contributed by atoms with Crippen LogP contribution < -0.4 is 10.4 Å². The molecule has 1 amide bonds. The van der Waals surface area contributed by atoms with Crippen molar-refractivity contribution < 1.29 is 14.7 Å². The Hall–Kier alpha value is -1.20. The van der Waals surface area contributed by atoms with Crippen molar-refractivity contribution in [3.8, 4) is 0 Å². The first-order valence-corrected chi connectivity index (χ1v) is 5.95. The van der Waals surface area contributed by atoms with Gasteiger partial charge in [-0.3, -0.25) is 4.79 Å². The molecule has 0 bridgehead atoms. The summed E-state index contributed by atoms with van der Waals surface area (Å²) in [6.07, 6.45) is 0. The van der Waals surface area contributed by atoms with Gasteiger partial charge in [0.2, 0.25) is 5.91 Å². The second-order valence-corrected chi connectivity index (χ2v) is 4.29. The molecule has 4 nitrogen and oxygen atoms in total. The fourth-order valence-electron chi connectivity index (χ4n) is 0.976. The Balaban J connectivity index is 2.40. The van der Waals surface area contributed by atoms with Crippen LogP contribution in [0.3, 0.4) is 0 Å². The van der Waals surface area contributed by atoms with Crippen molar-refractivity contribution in [3.63, 3.8) is 0 Å². The summed E-state index contributed by atoms with van der Waals surface area (Å²) < 4.78 is 0. The summed E-state index contributed by atoms with van der Waals surface area (Å²) >= 11 is 6.80. The standard InChI is InChI=1S/C10H10ClNO3S/c11-7-3-1-2-4-8(7)12-9(13)5-16-6-10(14)15/h1-4H,5-6H2,(H,12,13)(H,14,15)/p-1. The minimum absolute atomic E-state index is 0.0548. The molecule has 0 aliphatic carbocycles. The van der Waals surface area contributed by atoms with Gasteiger partial charge in [-0.15, -0.1) is 11.8 Å². The van der Waals surface area contributed by atoms with Crippen LogP contribution in [-0.2, 0) is 9.59 Å². The number of carboxylic acids is 1. The highest BCUT2D eigenvalue weighted by atomic mass is 35.5. The Kier molecular flexibility index (Phi) is 5.14. The maximum Gasteiger partial charge on any atom is 0.234 e. The number of carbonyl (C=O) groups is 2. The quantitative estimate of drug-likeness (QED) is 0.847. The summed E-state index contributed by atoms with van der Waals surface area (Å²) in [5.41, 5.74) is 0.517. The van der Waals surface area contributed by atoms with E-state index >= 15 is 0 Å². The van der Waals surface area contributed by atoms with E-state index in [2.05, 4.69) is 5.32 Å². The van der Waals surface area contributed by atoms with E-state index in [1.54, 1.807) is 24.3 Å². The lowest BCUT2D eigenvalue weighted by molar-refractivity contribution is -0.301. The first-order chi connectivity index (χ1) is 7.59. The summed E-state index contributed by atoms with van der Waals surface area (Å²) in [5, 5.41) is 13.1. The molecule has 0 unspecified atom stereocenters. The third kappa shape index (κ3) is 4.55. The second-order valence-electron chi connectivity index (χ2n) is 2.89. The molecule has 0 atom stereocenters. The Morgan fingerprint density at radius 2 is 2.00 bits per heavy atom. The number of benzene rings is 1. The van der Waals surface area contributed by atoms with Gasteiger partial charge in [0.05, 0.1) is 22.4 Å². The van der Waals surface area contributed by atoms with Crippen molar-refractivity contribution in [1.82, 2.24) is 0 Å². The van der Waals surface area contributed by atoms with E-state index in [9.17, 15) is 14.7 Å². The smallest absolute Gasteiger partial charge is 0.234 e. The number of nitrogens with one attached hydrogen (secondary N) is 1. The lowest BCUT2D eigenvalue weighted by Gasteiger charge is -2.06. The van der Waals surface area contributed by atoms with Gasteiger partial charge in [-0.25, -0.2) is 0 Å². The van der Waals surface area contributed by atoms with E-state index in [4.69, 9.17) is 11.6 Å². The van der Waals surface area contributed by atoms with Gasteiger partial charge in [0.1, 0.15) is 0 Å². The summed E-state index contributed by atoms with van der Waals surface area (Å²) in [5.74, 6) is -1.62. The highest BCUT2D eigenvalue weighted by molar-refractivity contribution is 8.00. The number of carboxylic acid groups (broad SMARTS) is 1. The average Bonchev–Trinajstić information content (AvgIpc) is 2.21. The topological polar surface area (TPSA) is 69.2 Å². The highest BCUT2D eigenvalue weighted by Crippen LogP contribution is 2.20. The fourth-order valence-corrected chi connectivity index (χ4v) is 1.69. The van der Waals surface area contributed by atoms with Crippen LogP contribution in [0.4, 0.5) is 5.69 Å². The lowest BCUT2D eigenvalue weighted by Crippen LogP contribution is -2.25. The van der Waals surface area contributed by atoms with Crippen molar-refractivity contribution in [2.24, 2.45) is 0 Å². The molecule has 0 radical (unpaired) electrons. The number of thioether (sulfide) groups is 1. The Morgan fingerprint density at radius 3 is 2.62 bits per heavy atom. The average molecular weight is 259 g/mol. The molecule has 0 aliphatic rings. The van der Waals surface area contributed by atoms with Crippen LogP contribution >= 0.6 is 23.4 Å². The number of para-hydroxylation sites is 1. The molecule has 0 spiro atoms. The van der Waals surface area contributed by atoms with Gasteiger partial charge in [-0.2, -0.15) is 0 Å². The molecule has 1 aromatic carbocycles. The van der Waals surface area contributed by atoms with Gasteiger partial charge in [0.25, 0.3) is 0 Å². The van der Waals surface area contributed by atoms with Gasteiger partial charge in [0, 0.05) is 5.75 Å². The van der Waals surface area contributed by atoms with Crippen LogP contribution in [0.25, 0.3) is 0 Å². The third-order valence-corrected chi connectivity index (χ3v) is 2.84. The molecular weight excluding hydrogens is 250 g/mol. The number of anilines is 1. The van der Waals surface area contributed by atoms with Crippen LogP contribution in [0.15, 0.2) is 24.3 Å². The first-order valence-electron chi connectivity index (χ1n) is 4.41. The Bertz CT molecular complexity index is 397. The van der Waals surface area contributed by atoms with Crippen LogP contribution in [0.2, 0.25) is 5.02 Å². The molecule has 0 saturated carbocycles. The largest absolute Gasteiger partial charge is 0.549 e. The Morgan fingerprint density at radius 1 is 1.31 bits per heavy atom. The number of halogens is 1. The summed E-state index contributed by atoms with van der Waals surface area (Å²) in [7, 11) is 0. The van der Waals surface area contributed by atoms with Crippen LogP contribution in [0, 0.1) is 0 Å². The van der Waals surface area contributed by atoms with Crippen molar-refractivity contribution in [2.75, 3.05) is 16.8 Å². The van der Waals surface area contributed by atoms with E-state index in [-0.39, 0.29) is 17.4 Å². The number of carbonyl (C=O) groups excluding carboxylic acids is 2. The van der Waals surface area contributed by atoms with Crippen LogP contribution in [0.5, 0.6) is 0 Å². The number of hydrogen-bond acceptors (Lipinski definition) is 4. The van der Waals surface area contributed by atoms with E-state index in [1.165, 1.54) is 0 Å². The van der Waals surface area contributed by atoms with Crippen molar-refractivity contribution >= 4 is 40.9 Å². The monoisotopic (exact) mass is 258 g/mol. The van der Waals surface area contributed by atoms with Gasteiger partial charge in [-0.05, 0) is 12.1 Å². The SMILES string of the molecule is O=C([O-])CSCC(=O)Nc1ccccc1Cl. The maximum absolute atomic E-state index is 11.3. The number of rotatable bonds is 5. The van der Waals surface area contributed by atoms with Crippen LogP contribution in [-0.4, -0.2) is 23.4 Å². The van der Waals surface area contributed by atoms with Crippen molar-refractivity contribution in [1.29, 1.82) is 0 Å². The van der Waals surface area contributed by atoms with Crippen molar-refractivity contribution in [2.45, 2.75) is 0 Å². The minimum Gasteiger partial charge on any atom is -0.549 e. The van der Waals surface area contributed by atoms with E-state index in [0.717, 1.165) is 11.8 Å². The summed E-state index contributed by atoms with van der Waals surface area (Å²) in [6.45, 7) is 0. The van der Waals surface area contributed by atoms with Crippen molar-refractivity contribution in [3.05, 3.63) is 29.3 Å². The molecule has 6 heteroatoms. The highest BCUT2D eigenvalue weighted by Gasteiger charge is 2.04. The van der Waals surface area contributed by atoms with Gasteiger partial charge in [0.15, 0.2) is 0 Å². The second kappa shape index (κ2) is 6.40. The normalized spacial score (nSPS) is 9.81. The predicted octanol–water partition coefficient (Wildman–Crippen LogP) is 0.762. The fraction of sp³-hybridized carbons (Fsp3) is 0.200. The summed E-state index contributed by atoms with van der Waals surface area (Å²) in [6, 6.07) is 6.83. The van der Waals surface area contributed by atoms with Crippen LogP contribution in [0.1, 0.15) is 0 Å². The molecule has 0 saturated heterocycles. The number of amides is 1. The molecule has 0 heterocycles. The number of aliphatic carboxylic acids is 1. The predicted molar refractivity (Wildman–Crippen MR) is 62.4 cm³/mol. The summed E-state index contributed by atoms with van der Waals surface area (Å²) in [4.78, 5) is 21.5. The first kappa shape index (κ1) is 12.9. The van der Waals surface area contributed by atoms with Gasteiger partial charge < -0.3 is 15.2 Å². The molecule has 1 aromatic rings. The van der Waals surface area contributed by atoms with E-state index < -0.39 is 5.97 Å². The number of hydrogen-bond donors (Lipinski definition) is 1. The molecule has 0 aliphatic heterocycles. The molecule has 0 aromatic heterocycles. The molecular formula is C10H9ClNO3S-. The van der Waals surface area contributed by atoms with Gasteiger partial charge in [-0.1, -0.05) is 23.7 Å². The zero-order valence-electron chi connectivity index (χ0n) is 8.23. The van der Waals surface area contributed by atoms with E-state index in [1.807, 2.05) is 0 Å². The molecule has 86 valence electrons. The molecule has 16 heavy (non-hydrogen) atoms. The molecule has 1 N–H and O–H groups in total. The molecule has 0 fully saturated rings. The molecule has 1 rings (SSSR count). The van der Waals surface area contributed by atoms with Gasteiger partial charge >= 0.3 is 0 Å². The zero-order valence-corrected chi connectivity index (χ0v) is 9.81. The van der Waals surface area contributed by atoms with E-state index in [0.29, 0.717) is 10.7 Å². The Labute approximate surface area is 102 Å². The maximum atomic E-state index is 11.3. The zero-order chi connectivity index (χ0) is 12.0.